The van der Waals surface area contributed by atoms with Crippen LogP contribution >= 0.6 is 12.4 Å². The number of nitrogens with zero attached hydrogens (tertiary/aromatic N) is 1. The summed E-state index contributed by atoms with van der Waals surface area (Å²) in [4.78, 5) is 28.7. The maximum Gasteiger partial charge on any atom is 0.320 e. The van der Waals surface area contributed by atoms with E-state index in [4.69, 9.17) is 9.47 Å². The van der Waals surface area contributed by atoms with Crippen LogP contribution in [0.15, 0.2) is 12.7 Å². The highest BCUT2D eigenvalue weighted by Gasteiger charge is 2.81. The second-order valence-corrected chi connectivity index (χ2v) is 11.7. The lowest BCUT2D eigenvalue weighted by Gasteiger charge is -2.71. The van der Waals surface area contributed by atoms with E-state index < -0.39 is 63.6 Å². The van der Waals surface area contributed by atoms with E-state index in [1.165, 1.54) is 13.0 Å². The van der Waals surface area contributed by atoms with E-state index in [1.54, 1.807) is 13.8 Å². The molecule has 3 fully saturated rings. The van der Waals surface area contributed by atoms with Crippen LogP contribution in [0, 0.1) is 16.7 Å². The molecule has 2 aliphatic carbocycles. The van der Waals surface area contributed by atoms with E-state index in [0.29, 0.717) is 25.9 Å². The van der Waals surface area contributed by atoms with Gasteiger partial charge in [-0.2, -0.15) is 0 Å². The molecular formula is C26H44ClNO7. The average Bonchev–Trinajstić information content (AvgIpc) is 2.75. The molecular weight excluding hydrogens is 474 g/mol. The molecule has 0 aromatic heterocycles. The molecule has 3 N–H and O–H groups in total. The van der Waals surface area contributed by atoms with Crippen LogP contribution in [-0.4, -0.2) is 86.7 Å². The van der Waals surface area contributed by atoms with Crippen LogP contribution in [0.5, 0.6) is 0 Å². The van der Waals surface area contributed by atoms with Gasteiger partial charge in [0.05, 0.1) is 24.4 Å². The summed E-state index contributed by atoms with van der Waals surface area (Å²) in [5, 5.41) is 35.5. The van der Waals surface area contributed by atoms with Crippen molar-refractivity contribution in [1.29, 1.82) is 0 Å². The molecule has 8 atom stereocenters. The number of carbonyl (C=O) groups excluding carboxylic acids is 2. The Balaban J connectivity index is 0.00000432. The maximum absolute atomic E-state index is 13.8. The highest BCUT2D eigenvalue weighted by atomic mass is 35.5. The third kappa shape index (κ3) is 4.18. The Kier molecular flexibility index (Phi) is 8.36. The molecule has 1 heterocycles. The monoisotopic (exact) mass is 517 g/mol. The van der Waals surface area contributed by atoms with Crippen LogP contribution in [0.3, 0.4) is 0 Å². The molecule has 202 valence electrons. The summed E-state index contributed by atoms with van der Waals surface area (Å²) in [6.45, 7) is 17.7. The molecule has 3 aliphatic rings. The molecule has 1 saturated heterocycles. The highest BCUT2D eigenvalue weighted by Crippen LogP contribution is 2.67. The smallest absolute Gasteiger partial charge is 0.320 e. The predicted molar refractivity (Wildman–Crippen MR) is 134 cm³/mol. The van der Waals surface area contributed by atoms with Gasteiger partial charge in [-0.1, -0.05) is 40.7 Å². The number of aliphatic hydroxyl groups is 3. The Morgan fingerprint density at radius 1 is 1.20 bits per heavy atom. The number of halogens is 1. The summed E-state index contributed by atoms with van der Waals surface area (Å²) < 4.78 is 12.3. The van der Waals surface area contributed by atoms with Gasteiger partial charge in [0.25, 0.3) is 0 Å². The molecule has 0 aromatic carbocycles. The van der Waals surface area contributed by atoms with Gasteiger partial charge in [0.15, 0.2) is 17.5 Å². The summed E-state index contributed by atoms with van der Waals surface area (Å²) >= 11 is 0. The maximum atomic E-state index is 13.8. The zero-order valence-electron chi connectivity index (χ0n) is 22.2. The summed E-state index contributed by atoms with van der Waals surface area (Å²) in [5.74, 6) is -1.81. The van der Waals surface area contributed by atoms with Crippen molar-refractivity contribution >= 4 is 24.2 Å². The third-order valence-electron chi connectivity index (χ3n) is 9.23. The van der Waals surface area contributed by atoms with Crippen molar-refractivity contribution in [2.45, 2.75) is 103 Å². The van der Waals surface area contributed by atoms with E-state index in [9.17, 15) is 24.9 Å². The predicted octanol–water partition coefficient (Wildman–Crippen LogP) is 2.26. The number of rotatable bonds is 6. The number of ether oxygens (including phenoxy) is 2. The number of Topliss-reactive ketones (excluding diaryl/α,β-unsaturated/α-hetero) is 1. The first-order valence-electron chi connectivity index (χ1n) is 12.4. The zero-order chi connectivity index (χ0) is 25.9. The molecule has 0 bridgehead atoms. The average molecular weight is 518 g/mol. The Hall–Kier alpha value is -1.03. The summed E-state index contributed by atoms with van der Waals surface area (Å²) in [5.41, 5.74) is -7.13. The lowest BCUT2D eigenvalue weighted by molar-refractivity contribution is -0.370. The molecule has 35 heavy (non-hydrogen) atoms. The van der Waals surface area contributed by atoms with Crippen LogP contribution in [0.25, 0.3) is 0 Å². The second kappa shape index (κ2) is 9.69. The van der Waals surface area contributed by atoms with Gasteiger partial charge in [0.2, 0.25) is 0 Å². The van der Waals surface area contributed by atoms with Gasteiger partial charge in [-0.3, -0.25) is 14.5 Å². The van der Waals surface area contributed by atoms with Crippen molar-refractivity contribution in [3.63, 3.8) is 0 Å². The van der Waals surface area contributed by atoms with Gasteiger partial charge < -0.3 is 24.8 Å². The zero-order valence-corrected chi connectivity index (χ0v) is 23.0. The first-order chi connectivity index (χ1) is 15.6. The minimum Gasteiger partial charge on any atom is -0.455 e. The topological polar surface area (TPSA) is 117 Å². The first-order valence-corrected chi connectivity index (χ1v) is 12.4. The van der Waals surface area contributed by atoms with E-state index in [0.717, 1.165) is 0 Å². The summed E-state index contributed by atoms with van der Waals surface area (Å²) in [6.07, 6.45) is -1.37. The fourth-order valence-electron chi connectivity index (χ4n) is 7.29. The van der Waals surface area contributed by atoms with Crippen molar-refractivity contribution in [3.8, 4) is 0 Å². The van der Waals surface area contributed by atoms with Crippen molar-refractivity contribution in [2.24, 2.45) is 16.7 Å². The van der Waals surface area contributed by atoms with E-state index in [-0.39, 0.29) is 25.4 Å². The fourth-order valence-corrected chi connectivity index (χ4v) is 7.29. The number of likely N-dealkylation sites (N-methyl/N-ethyl adjacent to an activating group) is 1. The summed E-state index contributed by atoms with van der Waals surface area (Å²) in [7, 11) is 0. The van der Waals surface area contributed by atoms with E-state index in [1.807, 2.05) is 32.6 Å². The fraction of sp³-hybridized carbons (Fsp3) is 0.846. The van der Waals surface area contributed by atoms with E-state index in [2.05, 4.69) is 6.58 Å². The molecule has 0 amide bonds. The number of esters is 1. The van der Waals surface area contributed by atoms with Gasteiger partial charge in [0, 0.05) is 17.8 Å². The van der Waals surface area contributed by atoms with Crippen molar-refractivity contribution in [1.82, 2.24) is 4.90 Å². The minimum atomic E-state index is -2.20. The number of hydrogen-bond acceptors (Lipinski definition) is 8. The largest absolute Gasteiger partial charge is 0.455 e. The van der Waals surface area contributed by atoms with Crippen molar-refractivity contribution in [2.75, 3.05) is 19.6 Å². The minimum absolute atomic E-state index is 0. The lowest BCUT2D eigenvalue weighted by Crippen LogP contribution is -2.86. The van der Waals surface area contributed by atoms with Crippen LogP contribution in [-0.2, 0) is 19.1 Å². The van der Waals surface area contributed by atoms with Gasteiger partial charge in [-0.15, -0.1) is 19.0 Å². The van der Waals surface area contributed by atoms with Crippen LogP contribution < -0.4 is 0 Å². The first kappa shape index (κ1) is 30.2. The highest BCUT2D eigenvalue weighted by molar-refractivity contribution is 5.92. The number of ketones is 1. The molecule has 0 spiro atoms. The Labute approximate surface area is 215 Å². The van der Waals surface area contributed by atoms with Crippen LogP contribution in [0.1, 0.15) is 67.7 Å². The number of carbonyl (C=O) groups is 2. The molecule has 0 aromatic rings. The molecule has 9 heteroatoms. The van der Waals surface area contributed by atoms with Crippen LogP contribution in [0.2, 0.25) is 0 Å². The molecule has 3 rings (SSSR count). The Morgan fingerprint density at radius 2 is 1.77 bits per heavy atom. The lowest BCUT2D eigenvalue weighted by atomic mass is 9.40. The van der Waals surface area contributed by atoms with Crippen LogP contribution in [0.4, 0.5) is 0 Å². The number of fused-ring (bicyclic) bond motifs is 3. The molecule has 0 radical (unpaired) electrons. The Morgan fingerprint density at radius 3 is 2.29 bits per heavy atom. The second-order valence-electron chi connectivity index (χ2n) is 11.7. The number of aliphatic hydroxyl groups excluding tert-OH is 2. The third-order valence-corrected chi connectivity index (χ3v) is 9.23. The normalized spacial score (nSPS) is 44.6. The molecule has 0 unspecified atom stereocenters. The van der Waals surface area contributed by atoms with Gasteiger partial charge in [-0.25, -0.2) is 0 Å². The molecule has 1 aliphatic heterocycles. The SMILES string of the molecule is C=C[C@@]1(C)CC(=O)[C@]2(O)[C@@]3(C)[C@@H](O)CCC(C)(C)[C@@H]3[C@@H](O)[C@H](OC(=O)CN(CC)CC)[C@@]2(C)O1.Cl. The molecule has 2 saturated carbocycles. The van der Waals surface area contributed by atoms with Gasteiger partial charge in [-0.05, 0) is 45.2 Å². The van der Waals surface area contributed by atoms with Gasteiger partial charge >= 0.3 is 5.97 Å². The van der Waals surface area contributed by atoms with Gasteiger partial charge in [0.1, 0.15) is 5.60 Å². The molecule has 8 nitrogen and oxygen atoms in total. The van der Waals surface area contributed by atoms with Crippen molar-refractivity contribution in [3.05, 3.63) is 12.7 Å². The standard InChI is InChI=1S/C26H43NO7.ClH/c1-9-23(6)14-17(29)26(32)24(7)16(28)12-13-22(4,5)20(24)19(31)21(25(26,8)34-23)33-18(30)15-27(10-2)11-3;/h9,16,19-21,28,31-32H,1,10-15H2,2-8H3;1H/t16-,19+,20-,21-,23-,24-,25+,26-;/m0./s1. The van der Waals surface area contributed by atoms with E-state index >= 15 is 0 Å². The summed E-state index contributed by atoms with van der Waals surface area (Å²) in [6, 6.07) is 0. The Bertz CT molecular complexity index is 848. The number of hydrogen-bond donors (Lipinski definition) is 3. The van der Waals surface area contributed by atoms with Crippen molar-refractivity contribution < 1.29 is 34.4 Å². The quantitative estimate of drug-likeness (QED) is 0.363.